The molecular formula is C15H22N2O. The molecule has 1 aromatic carbocycles. The molecule has 1 aromatic rings. The number of carbonyl (C=O) groups is 1. The van der Waals surface area contributed by atoms with Crippen LogP contribution in [0.2, 0.25) is 0 Å². The van der Waals surface area contributed by atoms with E-state index in [1.807, 2.05) is 19.2 Å². The SMILES string of the molecule is CNC(C)c1ccc(NC(=O)C2CCCC2)cc1. The Balaban J connectivity index is 1.95. The fourth-order valence-electron chi connectivity index (χ4n) is 2.45. The largest absolute Gasteiger partial charge is 0.326 e. The molecule has 1 fully saturated rings. The van der Waals surface area contributed by atoms with Crippen LogP contribution in [0.15, 0.2) is 24.3 Å². The van der Waals surface area contributed by atoms with Crippen molar-refractivity contribution in [1.82, 2.24) is 5.32 Å². The molecule has 1 atom stereocenters. The average Bonchev–Trinajstić information content (AvgIpc) is 2.92. The van der Waals surface area contributed by atoms with Crippen molar-refractivity contribution in [1.29, 1.82) is 0 Å². The van der Waals surface area contributed by atoms with Gasteiger partial charge in [-0.2, -0.15) is 0 Å². The van der Waals surface area contributed by atoms with Crippen LogP contribution >= 0.6 is 0 Å². The molecule has 1 aliphatic rings. The first kappa shape index (κ1) is 13.1. The van der Waals surface area contributed by atoms with Crippen LogP contribution in [-0.2, 0) is 4.79 Å². The first-order valence-corrected chi connectivity index (χ1v) is 6.79. The molecule has 0 bridgehead atoms. The smallest absolute Gasteiger partial charge is 0.227 e. The number of hydrogen-bond donors (Lipinski definition) is 2. The zero-order chi connectivity index (χ0) is 13.0. The van der Waals surface area contributed by atoms with Gasteiger partial charge >= 0.3 is 0 Å². The van der Waals surface area contributed by atoms with Crippen molar-refractivity contribution < 1.29 is 4.79 Å². The van der Waals surface area contributed by atoms with Crippen LogP contribution in [0, 0.1) is 5.92 Å². The van der Waals surface area contributed by atoms with E-state index in [2.05, 4.69) is 29.7 Å². The van der Waals surface area contributed by atoms with Crippen LogP contribution in [0.4, 0.5) is 5.69 Å². The lowest BCUT2D eigenvalue weighted by atomic mass is 10.1. The van der Waals surface area contributed by atoms with Gasteiger partial charge in [0.15, 0.2) is 0 Å². The lowest BCUT2D eigenvalue weighted by Gasteiger charge is -2.13. The molecule has 0 aliphatic heterocycles. The molecule has 1 aliphatic carbocycles. The van der Waals surface area contributed by atoms with Crippen LogP contribution < -0.4 is 10.6 Å². The van der Waals surface area contributed by atoms with Gasteiger partial charge in [0.2, 0.25) is 5.91 Å². The predicted molar refractivity (Wildman–Crippen MR) is 74.5 cm³/mol. The second-order valence-corrected chi connectivity index (χ2v) is 5.10. The van der Waals surface area contributed by atoms with E-state index >= 15 is 0 Å². The van der Waals surface area contributed by atoms with Gasteiger partial charge in [-0.1, -0.05) is 25.0 Å². The van der Waals surface area contributed by atoms with Crippen molar-refractivity contribution in [3.8, 4) is 0 Å². The average molecular weight is 246 g/mol. The molecule has 1 unspecified atom stereocenters. The van der Waals surface area contributed by atoms with E-state index in [1.165, 1.54) is 18.4 Å². The van der Waals surface area contributed by atoms with Crippen molar-refractivity contribution in [2.45, 2.75) is 38.6 Å². The molecule has 3 heteroatoms. The van der Waals surface area contributed by atoms with Crippen molar-refractivity contribution in [3.63, 3.8) is 0 Å². The van der Waals surface area contributed by atoms with Crippen LogP contribution in [0.3, 0.4) is 0 Å². The summed E-state index contributed by atoms with van der Waals surface area (Å²) < 4.78 is 0. The van der Waals surface area contributed by atoms with Crippen LogP contribution in [0.25, 0.3) is 0 Å². The molecule has 2 N–H and O–H groups in total. The summed E-state index contributed by atoms with van der Waals surface area (Å²) in [4.78, 5) is 12.0. The minimum Gasteiger partial charge on any atom is -0.326 e. The standard InChI is InChI=1S/C15H22N2O/c1-11(16-2)12-7-9-14(10-8-12)17-15(18)13-5-3-4-6-13/h7-11,13,16H,3-6H2,1-2H3,(H,17,18). The fraction of sp³-hybridized carbons (Fsp3) is 0.533. The summed E-state index contributed by atoms with van der Waals surface area (Å²) in [6.07, 6.45) is 4.47. The Hall–Kier alpha value is -1.35. The lowest BCUT2D eigenvalue weighted by molar-refractivity contribution is -0.119. The zero-order valence-corrected chi connectivity index (χ0v) is 11.2. The summed E-state index contributed by atoms with van der Waals surface area (Å²) in [5, 5.41) is 6.21. The van der Waals surface area contributed by atoms with E-state index < -0.39 is 0 Å². The number of anilines is 1. The van der Waals surface area contributed by atoms with Gasteiger partial charge in [-0.3, -0.25) is 4.79 Å². The molecule has 0 aromatic heterocycles. The molecule has 0 spiro atoms. The molecule has 0 saturated heterocycles. The Morgan fingerprint density at radius 1 is 1.22 bits per heavy atom. The van der Waals surface area contributed by atoms with E-state index in [9.17, 15) is 4.79 Å². The van der Waals surface area contributed by atoms with Gasteiger partial charge in [-0.05, 0) is 44.5 Å². The third-order valence-corrected chi connectivity index (χ3v) is 3.84. The quantitative estimate of drug-likeness (QED) is 0.857. The third-order valence-electron chi connectivity index (χ3n) is 3.84. The fourth-order valence-corrected chi connectivity index (χ4v) is 2.45. The van der Waals surface area contributed by atoms with E-state index in [0.717, 1.165) is 18.5 Å². The van der Waals surface area contributed by atoms with Crippen molar-refractivity contribution >= 4 is 11.6 Å². The third kappa shape index (κ3) is 3.10. The highest BCUT2D eigenvalue weighted by Crippen LogP contribution is 2.26. The van der Waals surface area contributed by atoms with Crippen molar-refractivity contribution in [2.75, 3.05) is 12.4 Å². The second-order valence-electron chi connectivity index (χ2n) is 5.10. The summed E-state index contributed by atoms with van der Waals surface area (Å²) in [6.45, 7) is 2.12. The molecule has 2 rings (SSSR count). The Morgan fingerprint density at radius 2 is 1.83 bits per heavy atom. The van der Waals surface area contributed by atoms with Crippen LogP contribution in [0.5, 0.6) is 0 Å². The van der Waals surface area contributed by atoms with Crippen LogP contribution in [-0.4, -0.2) is 13.0 Å². The Morgan fingerprint density at radius 3 is 2.39 bits per heavy atom. The van der Waals surface area contributed by atoms with E-state index in [1.54, 1.807) is 0 Å². The highest BCUT2D eigenvalue weighted by Gasteiger charge is 2.22. The van der Waals surface area contributed by atoms with Gasteiger partial charge in [-0.25, -0.2) is 0 Å². The minimum absolute atomic E-state index is 0.182. The number of hydrogen-bond acceptors (Lipinski definition) is 2. The molecule has 0 heterocycles. The highest BCUT2D eigenvalue weighted by atomic mass is 16.1. The number of amides is 1. The lowest BCUT2D eigenvalue weighted by Crippen LogP contribution is -2.20. The molecule has 1 saturated carbocycles. The van der Waals surface area contributed by atoms with Gasteiger partial charge in [0.1, 0.15) is 0 Å². The van der Waals surface area contributed by atoms with Crippen LogP contribution in [0.1, 0.15) is 44.2 Å². The predicted octanol–water partition coefficient (Wildman–Crippen LogP) is 3.10. The second kappa shape index (κ2) is 6.01. The van der Waals surface area contributed by atoms with Crippen molar-refractivity contribution in [3.05, 3.63) is 29.8 Å². The van der Waals surface area contributed by atoms with Gasteiger partial charge in [0.25, 0.3) is 0 Å². The first-order chi connectivity index (χ1) is 8.70. The Kier molecular flexibility index (Phi) is 4.37. The van der Waals surface area contributed by atoms with E-state index in [0.29, 0.717) is 6.04 Å². The van der Waals surface area contributed by atoms with Gasteiger partial charge in [-0.15, -0.1) is 0 Å². The Bertz CT molecular complexity index is 393. The number of carbonyl (C=O) groups excluding carboxylic acids is 1. The summed E-state index contributed by atoms with van der Waals surface area (Å²) in [5.74, 6) is 0.405. The minimum atomic E-state index is 0.182. The zero-order valence-electron chi connectivity index (χ0n) is 11.2. The van der Waals surface area contributed by atoms with E-state index in [4.69, 9.17) is 0 Å². The molecule has 98 valence electrons. The molecule has 0 radical (unpaired) electrons. The number of benzene rings is 1. The topological polar surface area (TPSA) is 41.1 Å². The van der Waals surface area contributed by atoms with Gasteiger partial charge < -0.3 is 10.6 Å². The van der Waals surface area contributed by atoms with E-state index in [-0.39, 0.29) is 11.8 Å². The summed E-state index contributed by atoms with van der Waals surface area (Å²) >= 11 is 0. The molecule has 18 heavy (non-hydrogen) atoms. The molecular weight excluding hydrogens is 224 g/mol. The maximum absolute atomic E-state index is 12.0. The molecule has 3 nitrogen and oxygen atoms in total. The van der Waals surface area contributed by atoms with Gasteiger partial charge in [0.05, 0.1) is 0 Å². The summed E-state index contributed by atoms with van der Waals surface area (Å²) in [5.41, 5.74) is 2.13. The number of rotatable bonds is 4. The summed E-state index contributed by atoms with van der Waals surface area (Å²) in [7, 11) is 1.94. The van der Waals surface area contributed by atoms with Crippen molar-refractivity contribution in [2.24, 2.45) is 5.92 Å². The maximum Gasteiger partial charge on any atom is 0.227 e. The van der Waals surface area contributed by atoms with Gasteiger partial charge in [0, 0.05) is 17.6 Å². The first-order valence-electron chi connectivity index (χ1n) is 6.79. The molecule has 1 amide bonds. The maximum atomic E-state index is 12.0. The highest BCUT2D eigenvalue weighted by molar-refractivity contribution is 5.92. The normalized spacial score (nSPS) is 17.7. The summed E-state index contributed by atoms with van der Waals surface area (Å²) in [6, 6.07) is 8.42. The number of nitrogens with one attached hydrogen (secondary N) is 2. The monoisotopic (exact) mass is 246 g/mol. The Labute approximate surface area is 109 Å².